The maximum absolute atomic E-state index is 11.8. The van der Waals surface area contributed by atoms with Gasteiger partial charge in [-0.3, -0.25) is 4.90 Å². The second-order valence-electron chi connectivity index (χ2n) is 8.25. The Morgan fingerprint density at radius 1 is 1.21 bits per heavy atom. The maximum atomic E-state index is 11.8. The number of aliphatic carboxylic acids is 2. The molecular weight excluding hydrogens is 556 g/mol. The zero-order chi connectivity index (χ0) is 29.4. The summed E-state index contributed by atoms with van der Waals surface area (Å²) in [6, 6.07) is 3.92. The summed E-state index contributed by atoms with van der Waals surface area (Å²) < 4.78 is 101. The third kappa shape index (κ3) is 10.2. The van der Waals surface area contributed by atoms with Crippen LogP contribution in [0.15, 0.2) is 18.3 Å². The molecule has 3 N–H and O–H groups in total. The van der Waals surface area contributed by atoms with E-state index in [0.717, 1.165) is 25.2 Å². The van der Waals surface area contributed by atoms with Gasteiger partial charge in [0.1, 0.15) is 0 Å². The largest absolute Gasteiger partial charge is 0.490 e. The van der Waals surface area contributed by atoms with Crippen molar-refractivity contribution in [1.29, 1.82) is 0 Å². The molecule has 1 aromatic rings. The quantitative estimate of drug-likeness (QED) is 0.405. The molecule has 0 bridgehead atoms. The van der Waals surface area contributed by atoms with Gasteiger partial charge >= 0.3 is 24.3 Å². The summed E-state index contributed by atoms with van der Waals surface area (Å²) in [5.41, 5.74) is 0.905. The summed E-state index contributed by atoms with van der Waals surface area (Å²) in [4.78, 5) is 24.4. The maximum Gasteiger partial charge on any atom is 0.490 e. The van der Waals surface area contributed by atoms with Gasteiger partial charge in [-0.15, -0.1) is 0 Å². The van der Waals surface area contributed by atoms with E-state index in [2.05, 4.69) is 14.6 Å². The summed E-state index contributed by atoms with van der Waals surface area (Å²) in [5.74, 6) is -4.42. The SMILES string of the molecule is CCS(=O)(=O)NC[C@]12COC[C@H]1CN(Cc1cccnc1OC)C2.O=C(O)C(F)(F)F.O=C(O)C(F)(F)F. The molecule has 1 aromatic heterocycles. The summed E-state index contributed by atoms with van der Waals surface area (Å²) in [6.45, 7) is 5.83. The van der Waals surface area contributed by atoms with Crippen molar-refractivity contribution in [3.05, 3.63) is 23.9 Å². The number of nitrogens with one attached hydrogen (secondary N) is 1. The highest BCUT2D eigenvalue weighted by Gasteiger charge is 2.50. The average Bonchev–Trinajstić information content (AvgIpc) is 3.35. The number of fused-ring (bicyclic) bond motifs is 1. The minimum Gasteiger partial charge on any atom is -0.481 e. The molecule has 2 aliphatic heterocycles. The first-order chi connectivity index (χ1) is 17.4. The van der Waals surface area contributed by atoms with Crippen LogP contribution < -0.4 is 9.46 Å². The number of hydrogen-bond donors (Lipinski definition) is 3. The molecule has 0 unspecified atom stereocenters. The molecule has 18 heteroatoms. The van der Waals surface area contributed by atoms with Crippen LogP contribution in [0.3, 0.4) is 0 Å². The number of likely N-dealkylation sites (tertiary alicyclic amines) is 1. The first kappa shape index (κ1) is 33.3. The molecule has 11 nitrogen and oxygen atoms in total. The van der Waals surface area contributed by atoms with Crippen molar-refractivity contribution in [1.82, 2.24) is 14.6 Å². The monoisotopic (exact) mass is 583 g/mol. The van der Waals surface area contributed by atoms with Crippen molar-refractivity contribution in [2.45, 2.75) is 25.8 Å². The Kier molecular flexibility index (Phi) is 11.7. The van der Waals surface area contributed by atoms with Crippen LogP contribution in [0.4, 0.5) is 26.3 Å². The fourth-order valence-corrected chi connectivity index (χ4v) is 4.35. The zero-order valence-electron chi connectivity index (χ0n) is 20.2. The second-order valence-corrected chi connectivity index (χ2v) is 10.3. The van der Waals surface area contributed by atoms with Gasteiger partial charge in [0.2, 0.25) is 15.9 Å². The number of aromatic nitrogens is 1. The lowest BCUT2D eigenvalue weighted by atomic mass is 9.81. The molecule has 2 saturated heterocycles. The number of ether oxygens (including phenoxy) is 2. The molecular formula is C20H27F6N3O8S. The van der Waals surface area contributed by atoms with Gasteiger partial charge in [0.25, 0.3) is 0 Å². The lowest BCUT2D eigenvalue weighted by Gasteiger charge is -2.27. The summed E-state index contributed by atoms with van der Waals surface area (Å²) in [6.07, 6.45) is -8.45. The van der Waals surface area contributed by atoms with Gasteiger partial charge in [-0.1, -0.05) is 6.07 Å². The summed E-state index contributed by atoms with van der Waals surface area (Å²) >= 11 is 0. The van der Waals surface area contributed by atoms with E-state index < -0.39 is 34.3 Å². The molecule has 0 aromatic carbocycles. The first-order valence-electron chi connectivity index (χ1n) is 10.7. The fourth-order valence-electron chi connectivity index (χ4n) is 3.64. The number of carboxylic acid groups (broad SMARTS) is 2. The van der Waals surface area contributed by atoms with Crippen LogP contribution in [-0.4, -0.2) is 98.5 Å². The summed E-state index contributed by atoms with van der Waals surface area (Å²) in [5, 5.41) is 14.2. The molecule has 0 radical (unpaired) electrons. The molecule has 0 amide bonds. The number of alkyl halides is 6. The third-order valence-corrected chi connectivity index (χ3v) is 6.88. The van der Waals surface area contributed by atoms with E-state index in [-0.39, 0.29) is 11.2 Å². The molecule has 2 atom stereocenters. The molecule has 2 fully saturated rings. The van der Waals surface area contributed by atoms with Crippen molar-refractivity contribution in [3.8, 4) is 5.88 Å². The second kappa shape index (κ2) is 13.4. The van der Waals surface area contributed by atoms with Crippen molar-refractivity contribution in [2.24, 2.45) is 11.3 Å². The van der Waals surface area contributed by atoms with Gasteiger partial charge in [0.05, 0.1) is 26.1 Å². The van der Waals surface area contributed by atoms with Gasteiger partial charge in [-0.05, 0) is 13.0 Å². The molecule has 0 spiro atoms. The molecule has 38 heavy (non-hydrogen) atoms. The van der Waals surface area contributed by atoms with Crippen LogP contribution in [0.5, 0.6) is 5.88 Å². The Morgan fingerprint density at radius 3 is 2.24 bits per heavy atom. The van der Waals surface area contributed by atoms with E-state index >= 15 is 0 Å². The number of pyridine rings is 1. The number of hydrogen-bond acceptors (Lipinski definition) is 8. The number of methoxy groups -OCH3 is 1. The Labute approximate surface area is 213 Å². The fraction of sp³-hybridized carbons (Fsp3) is 0.650. The number of rotatable bonds is 7. The van der Waals surface area contributed by atoms with Gasteiger partial charge in [-0.2, -0.15) is 26.3 Å². The Hall–Kier alpha value is -2.70. The Morgan fingerprint density at radius 2 is 1.76 bits per heavy atom. The van der Waals surface area contributed by atoms with Gasteiger partial charge in [0.15, 0.2) is 0 Å². The number of nitrogens with zero attached hydrogens (tertiary/aromatic N) is 2. The number of halogens is 6. The van der Waals surface area contributed by atoms with E-state index in [0.29, 0.717) is 31.6 Å². The van der Waals surface area contributed by atoms with E-state index in [4.69, 9.17) is 29.3 Å². The van der Waals surface area contributed by atoms with Crippen LogP contribution in [-0.2, 0) is 30.9 Å². The van der Waals surface area contributed by atoms with E-state index in [1.54, 1.807) is 20.2 Å². The highest BCUT2D eigenvalue weighted by Crippen LogP contribution is 2.41. The number of carboxylic acids is 2. The Bertz CT molecular complexity index is 1030. The number of sulfonamides is 1. The van der Waals surface area contributed by atoms with E-state index in [1.807, 2.05) is 12.1 Å². The predicted octanol–water partition coefficient (Wildman–Crippen LogP) is 1.74. The normalized spacial score (nSPS) is 21.4. The average molecular weight is 584 g/mol. The van der Waals surface area contributed by atoms with Crippen molar-refractivity contribution in [3.63, 3.8) is 0 Å². The molecule has 0 saturated carbocycles. The van der Waals surface area contributed by atoms with Crippen LogP contribution >= 0.6 is 0 Å². The first-order valence-corrected chi connectivity index (χ1v) is 12.4. The highest BCUT2D eigenvalue weighted by atomic mass is 32.2. The minimum absolute atomic E-state index is 0.102. The van der Waals surface area contributed by atoms with E-state index in [9.17, 15) is 34.8 Å². The van der Waals surface area contributed by atoms with Crippen molar-refractivity contribution < 1.29 is 64.0 Å². The van der Waals surface area contributed by atoms with Gasteiger partial charge in [-0.25, -0.2) is 27.7 Å². The highest BCUT2D eigenvalue weighted by molar-refractivity contribution is 7.89. The molecule has 2 aliphatic rings. The van der Waals surface area contributed by atoms with Gasteiger partial charge in [0, 0.05) is 49.3 Å². The van der Waals surface area contributed by atoms with E-state index in [1.165, 1.54) is 0 Å². The topological polar surface area (TPSA) is 155 Å². The van der Waals surface area contributed by atoms with Crippen molar-refractivity contribution in [2.75, 3.05) is 45.7 Å². The lowest BCUT2D eigenvalue weighted by Crippen LogP contribution is -2.43. The molecule has 218 valence electrons. The number of carbonyl (C=O) groups is 2. The van der Waals surface area contributed by atoms with Crippen LogP contribution in [0.1, 0.15) is 12.5 Å². The molecule has 3 rings (SSSR count). The van der Waals surface area contributed by atoms with Crippen LogP contribution in [0.2, 0.25) is 0 Å². The molecule has 0 aliphatic carbocycles. The standard InChI is InChI=1S/C16H25N3O4S.2C2HF3O2/c1-3-24(20,21)18-10-16-11-19(8-14(16)9-23-12-16)7-13-5-4-6-17-15(13)22-2;2*3-2(4,5)1(6)7/h4-6,14,18H,3,7-12H2,1-2H3;2*(H,6,7)/t14-,16+;;/m1../s1. The lowest BCUT2D eigenvalue weighted by molar-refractivity contribution is -0.193. The minimum atomic E-state index is -5.08. The smallest absolute Gasteiger partial charge is 0.481 e. The van der Waals surface area contributed by atoms with Gasteiger partial charge < -0.3 is 19.7 Å². The van der Waals surface area contributed by atoms with Crippen LogP contribution in [0, 0.1) is 11.3 Å². The van der Waals surface area contributed by atoms with Crippen LogP contribution in [0.25, 0.3) is 0 Å². The Balaban J connectivity index is 0.000000426. The van der Waals surface area contributed by atoms with Crippen molar-refractivity contribution >= 4 is 22.0 Å². The third-order valence-electron chi connectivity index (χ3n) is 5.54. The summed E-state index contributed by atoms with van der Waals surface area (Å²) in [7, 11) is -1.57. The molecule has 3 heterocycles. The zero-order valence-corrected chi connectivity index (χ0v) is 21.0. The predicted molar refractivity (Wildman–Crippen MR) is 118 cm³/mol.